The molecule has 21 heavy (non-hydrogen) atoms. The van der Waals surface area contributed by atoms with Crippen LogP contribution in [0.15, 0.2) is 30.3 Å². The van der Waals surface area contributed by atoms with Gasteiger partial charge in [-0.15, -0.1) is 10.2 Å². The Bertz CT molecular complexity index is 625. The zero-order valence-corrected chi connectivity index (χ0v) is 13.4. The van der Waals surface area contributed by atoms with Gasteiger partial charge in [-0.25, -0.2) is 0 Å². The minimum Gasteiger partial charge on any atom is -0.367 e. The van der Waals surface area contributed by atoms with Crippen molar-refractivity contribution in [2.24, 2.45) is 0 Å². The van der Waals surface area contributed by atoms with Crippen LogP contribution in [0.4, 0.5) is 11.5 Å². The number of rotatable bonds is 2. The molecule has 0 unspecified atom stereocenters. The normalized spacial score (nSPS) is 15.4. The van der Waals surface area contributed by atoms with Crippen LogP contribution in [-0.2, 0) is 0 Å². The van der Waals surface area contributed by atoms with Gasteiger partial charge in [-0.2, -0.15) is 0 Å². The van der Waals surface area contributed by atoms with E-state index in [0.29, 0.717) is 15.2 Å². The molecule has 0 N–H and O–H groups in total. The van der Waals surface area contributed by atoms with Gasteiger partial charge < -0.3 is 9.80 Å². The predicted octanol–water partition coefficient (Wildman–Crippen LogP) is 3.76. The second-order valence-corrected chi connectivity index (χ2v) is 5.93. The number of benzene rings is 1. The molecule has 0 saturated carbocycles. The van der Waals surface area contributed by atoms with E-state index in [2.05, 4.69) is 20.0 Å². The Morgan fingerprint density at radius 1 is 0.810 bits per heavy atom. The predicted molar refractivity (Wildman–Crippen MR) is 87.9 cm³/mol. The van der Waals surface area contributed by atoms with Crippen LogP contribution in [-0.4, -0.2) is 36.4 Å². The molecule has 0 spiro atoms. The molecule has 0 aliphatic carbocycles. The van der Waals surface area contributed by atoms with Crippen molar-refractivity contribution < 1.29 is 0 Å². The number of aromatic nitrogens is 2. The quantitative estimate of drug-likeness (QED) is 0.831. The molecule has 1 saturated heterocycles. The summed E-state index contributed by atoms with van der Waals surface area (Å²) in [5, 5.41) is 9.59. The molecule has 1 aromatic carbocycles. The molecule has 0 bridgehead atoms. The molecule has 0 atom stereocenters. The minimum atomic E-state index is 0.406. The molecule has 0 radical (unpaired) electrons. The van der Waals surface area contributed by atoms with Crippen molar-refractivity contribution in [1.82, 2.24) is 10.2 Å². The molecule has 1 fully saturated rings. The number of hydrogen-bond acceptors (Lipinski definition) is 4. The molecule has 2 aromatic rings. The molecular formula is C14H13Cl3N4. The number of piperazine rings is 1. The van der Waals surface area contributed by atoms with Crippen LogP contribution in [0.1, 0.15) is 0 Å². The maximum atomic E-state index is 6.27. The minimum absolute atomic E-state index is 0.406. The van der Waals surface area contributed by atoms with Gasteiger partial charge in [0, 0.05) is 26.2 Å². The lowest BCUT2D eigenvalue weighted by Crippen LogP contribution is -2.47. The largest absolute Gasteiger partial charge is 0.367 e. The van der Waals surface area contributed by atoms with Crippen LogP contribution in [0.5, 0.6) is 0 Å². The first-order chi connectivity index (χ1) is 10.1. The van der Waals surface area contributed by atoms with Crippen LogP contribution in [0.3, 0.4) is 0 Å². The lowest BCUT2D eigenvalue weighted by Gasteiger charge is -2.36. The van der Waals surface area contributed by atoms with Crippen molar-refractivity contribution in [3.63, 3.8) is 0 Å². The summed E-state index contributed by atoms with van der Waals surface area (Å²) in [7, 11) is 0. The SMILES string of the molecule is Clc1ccc(N2CCN(c3cccc(Cl)c3Cl)CC2)nn1. The first kappa shape index (κ1) is 14.7. The zero-order valence-electron chi connectivity index (χ0n) is 11.1. The first-order valence-corrected chi connectivity index (χ1v) is 7.71. The summed E-state index contributed by atoms with van der Waals surface area (Å²) >= 11 is 18.1. The third kappa shape index (κ3) is 3.18. The Labute approximate surface area is 138 Å². The van der Waals surface area contributed by atoms with Gasteiger partial charge in [0.1, 0.15) is 0 Å². The van der Waals surface area contributed by atoms with E-state index in [9.17, 15) is 0 Å². The summed E-state index contributed by atoms with van der Waals surface area (Å²) in [6, 6.07) is 9.35. The molecule has 0 amide bonds. The molecule has 4 nitrogen and oxygen atoms in total. The Balaban J connectivity index is 1.70. The lowest BCUT2D eigenvalue weighted by molar-refractivity contribution is 0.644. The fourth-order valence-corrected chi connectivity index (χ4v) is 2.91. The van der Waals surface area contributed by atoms with E-state index < -0.39 is 0 Å². The van der Waals surface area contributed by atoms with E-state index in [-0.39, 0.29) is 0 Å². The topological polar surface area (TPSA) is 32.3 Å². The summed E-state index contributed by atoms with van der Waals surface area (Å²) < 4.78 is 0. The molecule has 110 valence electrons. The van der Waals surface area contributed by atoms with Crippen LogP contribution in [0.2, 0.25) is 15.2 Å². The highest BCUT2D eigenvalue weighted by atomic mass is 35.5. The van der Waals surface area contributed by atoms with Gasteiger partial charge in [-0.1, -0.05) is 40.9 Å². The number of halogens is 3. The third-order valence-corrected chi connectivity index (χ3v) is 4.50. The highest BCUT2D eigenvalue weighted by Gasteiger charge is 2.20. The Hall–Kier alpha value is -1.23. The van der Waals surface area contributed by atoms with E-state index in [0.717, 1.165) is 37.7 Å². The van der Waals surface area contributed by atoms with Crippen LogP contribution >= 0.6 is 34.8 Å². The molecule has 7 heteroatoms. The van der Waals surface area contributed by atoms with Gasteiger partial charge in [0.2, 0.25) is 0 Å². The van der Waals surface area contributed by atoms with Crippen LogP contribution in [0.25, 0.3) is 0 Å². The summed E-state index contributed by atoms with van der Waals surface area (Å²) in [6.07, 6.45) is 0. The second-order valence-electron chi connectivity index (χ2n) is 4.76. The molecule has 1 aromatic heterocycles. The second kappa shape index (κ2) is 6.26. The average molecular weight is 344 g/mol. The van der Waals surface area contributed by atoms with Crippen molar-refractivity contribution >= 4 is 46.3 Å². The number of anilines is 2. The summed E-state index contributed by atoms with van der Waals surface area (Å²) in [5.74, 6) is 0.844. The van der Waals surface area contributed by atoms with Gasteiger partial charge in [-0.05, 0) is 24.3 Å². The Morgan fingerprint density at radius 2 is 1.52 bits per heavy atom. The summed E-state index contributed by atoms with van der Waals surface area (Å²) in [5.41, 5.74) is 0.978. The summed E-state index contributed by atoms with van der Waals surface area (Å²) in [4.78, 5) is 4.41. The average Bonchev–Trinajstić information content (AvgIpc) is 2.51. The smallest absolute Gasteiger partial charge is 0.151 e. The van der Waals surface area contributed by atoms with Gasteiger partial charge in [-0.3, -0.25) is 0 Å². The van der Waals surface area contributed by atoms with Gasteiger partial charge in [0.05, 0.1) is 15.7 Å². The summed E-state index contributed by atoms with van der Waals surface area (Å²) in [6.45, 7) is 3.40. The van der Waals surface area contributed by atoms with E-state index in [1.165, 1.54) is 0 Å². The van der Waals surface area contributed by atoms with Crippen molar-refractivity contribution in [1.29, 1.82) is 0 Å². The Morgan fingerprint density at radius 3 is 2.19 bits per heavy atom. The Kier molecular flexibility index (Phi) is 4.38. The lowest BCUT2D eigenvalue weighted by atomic mass is 10.2. The molecule has 1 aliphatic rings. The molecule has 1 aliphatic heterocycles. The third-order valence-electron chi connectivity index (χ3n) is 3.49. The molecule has 3 rings (SSSR count). The van der Waals surface area contributed by atoms with Gasteiger partial charge in [0.25, 0.3) is 0 Å². The van der Waals surface area contributed by atoms with E-state index in [4.69, 9.17) is 34.8 Å². The van der Waals surface area contributed by atoms with Crippen LogP contribution in [0, 0.1) is 0 Å². The van der Waals surface area contributed by atoms with Crippen LogP contribution < -0.4 is 9.80 Å². The van der Waals surface area contributed by atoms with E-state index in [1.54, 1.807) is 12.1 Å². The van der Waals surface area contributed by atoms with Crippen molar-refractivity contribution in [3.8, 4) is 0 Å². The van der Waals surface area contributed by atoms with Crippen molar-refractivity contribution in [2.75, 3.05) is 36.0 Å². The highest BCUT2D eigenvalue weighted by Crippen LogP contribution is 2.33. The fourth-order valence-electron chi connectivity index (χ4n) is 2.39. The maximum Gasteiger partial charge on any atom is 0.151 e. The monoisotopic (exact) mass is 342 g/mol. The maximum absolute atomic E-state index is 6.27. The number of hydrogen-bond donors (Lipinski definition) is 0. The van der Waals surface area contributed by atoms with Gasteiger partial charge in [0.15, 0.2) is 11.0 Å². The zero-order chi connectivity index (χ0) is 14.8. The standard InChI is InChI=1S/C14H13Cl3N4/c15-10-2-1-3-11(14(10)17)20-6-8-21(9-7-20)13-5-4-12(16)18-19-13/h1-5H,6-9H2. The molecular weight excluding hydrogens is 331 g/mol. The highest BCUT2D eigenvalue weighted by molar-refractivity contribution is 6.43. The van der Waals surface area contributed by atoms with E-state index >= 15 is 0 Å². The van der Waals surface area contributed by atoms with Crippen molar-refractivity contribution in [3.05, 3.63) is 45.5 Å². The van der Waals surface area contributed by atoms with Gasteiger partial charge >= 0.3 is 0 Å². The first-order valence-electron chi connectivity index (χ1n) is 6.58. The van der Waals surface area contributed by atoms with E-state index in [1.807, 2.05) is 18.2 Å². The molecule has 2 heterocycles. The van der Waals surface area contributed by atoms with Crippen molar-refractivity contribution in [2.45, 2.75) is 0 Å². The number of nitrogens with zero attached hydrogens (tertiary/aromatic N) is 4. The fraction of sp³-hybridized carbons (Fsp3) is 0.286.